The van der Waals surface area contributed by atoms with Gasteiger partial charge in [-0.15, -0.1) is 0 Å². The van der Waals surface area contributed by atoms with Crippen molar-refractivity contribution in [3.8, 4) is 5.75 Å². The van der Waals surface area contributed by atoms with E-state index in [9.17, 15) is 53.7 Å². The van der Waals surface area contributed by atoms with Crippen molar-refractivity contribution in [3.05, 3.63) is 65.7 Å². The summed E-state index contributed by atoms with van der Waals surface area (Å²) in [4.78, 5) is 110. The number of amides is 7. The standard InChI is InChI=1S/C43H62N8O11S2/c1-6-23(3)34-41(60)46-30(17-18-63-5)43(62)64-22-33(40(59)45-29(7-2)37(56)47-31(38(57)50-34)20-25-11-9-8-10-12-25)49-42(61)35(24(4)53)51-39(58)32(21-52)48-36(55)28(44)19-26-13-15-27(54)16-14-26/h8-16,23-24,28-35,52-54H,6-7,17-22,44H2,1-5H3,(H,45,59)(H,46,60)(H,47,56)(H,48,55)(H,49,61)(H,50,57)(H,51,58)/t23-,24+,28-,29-,30-,31-,32-,33-,34-,35-/m0/s1. The molecule has 64 heavy (non-hydrogen) atoms. The fourth-order valence-corrected chi connectivity index (χ4v) is 7.89. The highest BCUT2D eigenvalue weighted by atomic mass is 32.2. The molecule has 0 saturated carbocycles. The summed E-state index contributed by atoms with van der Waals surface area (Å²) in [5.41, 5.74) is 7.32. The van der Waals surface area contributed by atoms with Crippen molar-refractivity contribution < 1.29 is 53.7 Å². The van der Waals surface area contributed by atoms with Crippen molar-refractivity contribution in [2.24, 2.45) is 11.7 Å². The van der Waals surface area contributed by atoms with E-state index in [4.69, 9.17) is 5.73 Å². The van der Waals surface area contributed by atoms with Crippen LogP contribution >= 0.6 is 23.5 Å². The molecule has 352 valence electrons. The van der Waals surface area contributed by atoms with Crippen LogP contribution in [0.2, 0.25) is 0 Å². The van der Waals surface area contributed by atoms with Crippen molar-refractivity contribution in [1.82, 2.24) is 37.2 Å². The molecule has 0 bridgehead atoms. The molecule has 12 N–H and O–H groups in total. The minimum atomic E-state index is -1.77. The van der Waals surface area contributed by atoms with Crippen molar-refractivity contribution >= 4 is 70.0 Å². The third-order valence-electron chi connectivity index (χ3n) is 10.6. The number of phenolic OH excluding ortho intramolecular Hbond substituents is 1. The van der Waals surface area contributed by atoms with Gasteiger partial charge in [0.05, 0.1) is 24.8 Å². The number of benzene rings is 2. The average Bonchev–Trinajstić information content (AvgIpc) is 3.27. The number of hydrogen-bond donors (Lipinski definition) is 11. The number of nitrogens with one attached hydrogen (secondary N) is 7. The molecule has 0 unspecified atom stereocenters. The third kappa shape index (κ3) is 16.4. The van der Waals surface area contributed by atoms with Crippen LogP contribution in [0.1, 0.15) is 58.1 Å². The van der Waals surface area contributed by atoms with Crippen LogP contribution in [0.15, 0.2) is 54.6 Å². The zero-order chi connectivity index (χ0) is 47.5. The van der Waals surface area contributed by atoms with Gasteiger partial charge in [0, 0.05) is 12.2 Å². The van der Waals surface area contributed by atoms with E-state index in [0.717, 1.165) is 0 Å². The number of phenols is 1. The summed E-state index contributed by atoms with van der Waals surface area (Å²) in [6.45, 7) is 5.47. The minimum Gasteiger partial charge on any atom is -0.508 e. The quantitative estimate of drug-likeness (QED) is 0.0834. The van der Waals surface area contributed by atoms with Gasteiger partial charge in [-0.3, -0.25) is 38.4 Å². The monoisotopic (exact) mass is 930 g/mol. The fourth-order valence-electron chi connectivity index (χ4n) is 6.48. The van der Waals surface area contributed by atoms with E-state index < -0.39 is 113 Å². The van der Waals surface area contributed by atoms with E-state index in [2.05, 4.69) is 37.2 Å². The molecule has 0 aliphatic carbocycles. The van der Waals surface area contributed by atoms with Gasteiger partial charge in [-0.1, -0.05) is 81.4 Å². The number of carbonyl (C=O) groups is 8. The second kappa shape index (κ2) is 26.5. The minimum absolute atomic E-state index is 0.00811. The Bertz CT molecular complexity index is 1910. The number of aromatic hydroxyl groups is 1. The van der Waals surface area contributed by atoms with E-state index in [1.54, 1.807) is 56.3 Å². The molecule has 3 rings (SSSR count). The van der Waals surface area contributed by atoms with Gasteiger partial charge in [-0.05, 0) is 67.4 Å². The Labute approximate surface area is 381 Å². The van der Waals surface area contributed by atoms with Crippen LogP contribution in [0, 0.1) is 5.92 Å². The summed E-state index contributed by atoms with van der Waals surface area (Å²) in [5, 5.41) is 47.6. The van der Waals surface area contributed by atoms with Gasteiger partial charge < -0.3 is 58.3 Å². The lowest BCUT2D eigenvalue weighted by Crippen LogP contribution is -2.63. The van der Waals surface area contributed by atoms with Gasteiger partial charge in [0.2, 0.25) is 46.5 Å². The second-order valence-corrected chi connectivity index (χ2v) is 17.6. The Balaban J connectivity index is 1.92. The maximum absolute atomic E-state index is 14.0. The molecule has 0 spiro atoms. The lowest BCUT2D eigenvalue weighted by Gasteiger charge is -2.30. The van der Waals surface area contributed by atoms with E-state index in [-0.39, 0.29) is 37.4 Å². The topological polar surface area (TPSA) is 307 Å². The average molecular weight is 931 g/mol. The molecular weight excluding hydrogens is 869 g/mol. The zero-order valence-electron chi connectivity index (χ0n) is 36.6. The van der Waals surface area contributed by atoms with Crippen molar-refractivity contribution in [3.63, 3.8) is 0 Å². The Kier molecular flexibility index (Phi) is 22.0. The van der Waals surface area contributed by atoms with Crippen LogP contribution in [0.4, 0.5) is 0 Å². The highest BCUT2D eigenvalue weighted by Crippen LogP contribution is 2.17. The van der Waals surface area contributed by atoms with Gasteiger partial charge in [-0.25, -0.2) is 0 Å². The summed E-state index contributed by atoms with van der Waals surface area (Å²) in [6, 6.07) is 4.01. The largest absolute Gasteiger partial charge is 0.508 e. The van der Waals surface area contributed by atoms with Crippen LogP contribution in [0.5, 0.6) is 5.75 Å². The number of rotatable bonds is 18. The first-order chi connectivity index (χ1) is 30.4. The lowest BCUT2D eigenvalue weighted by atomic mass is 9.96. The van der Waals surface area contributed by atoms with E-state index in [0.29, 0.717) is 35.1 Å². The summed E-state index contributed by atoms with van der Waals surface area (Å²) < 4.78 is 0. The van der Waals surface area contributed by atoms with Gasteiger partial charge in [-0.2, -0.15) is 11.8 Å². The van der Waals surface area contributed by atoms with Crippen molar-refractivity contribution in [2.75, 3.05) is 24.4 Å². The number of aliphatic hydroxyl groups is 2. The molecule has 21 heteroatoms. The first-order valence-corrected chi connectivity index (χ1v) is 23.4. The maximum Gasteiger partial charge on any atom is 0.245 e. The molecule has 1 heterocycles. The molecule has 1 aliphatic rings. The third-order valence-corrected chi connectivity index (χ3v) is 12.3. The predicted molar refractivity (Wildman–Crippen MR) is 242 cm³/mol. The van der Waals surface area contributed by atoms with Crippen molar-refractivity contribution in [1.29, 1.82) is 0 Å². The van der Waals surface area contributed by atoms with Crippen LogP contribution < -0.4 is 43.0 Å². The molecular formula is C43H62N8O11S2. The zero-order valence-corrected chi connectivity index (χ0v) is 38.3. The van der Waals surface area contributed by atoms with Crippen LogP contribution in [0.3, 0.4) is 0 Å². The smallest absolute Gasteiger partial charge is 0.245 e. The van der Waals surface area contributed by atoms with E-state index in [1.807, 2.05) is 13.2 Å². The molecule has 2 aromatic carbocycles. The number of nitrogens with two attached hydrogens (primary N) is 1. The molecule has 2 aromatic rings. The number of carbonyl (C=O) groups excluding carboxylic acids is 8. The normalized spacial score (nSPS) is 22.6. The summed E-state index contributed by atoms with van der Waals surface area (Å²) >= 11 is 2.05. The maximum atomic E-state index is 14.0. The molecule has 10 atom stereocenters. The molecule has 1 fully saturated rings. The number of hydrogen-bond acceptors (Lipinski definition) is 14. The lowest BCUT2D eigenvalue weighted by molar-refractivity contribution is -0.137. The van der Waals surface area contributed by atoms with Crippen molar-refractivity contribution in [2.45, 2.75) is 114 Å². The Morgan fingerprint density at radius 3 is 2.03 bits per heavy atom. The summed E-state index contributed by atoms with van der Waals surface area (Å²) in [7, 11) is 0. The Hall–Kier alpha value is -5.22. The molecule has 0 aromatic heterocycles. The molecule has 7 amide bonds. The van der Waals surface area contributed by atoms with Gasteiger partial charge in [0.1, 0.15) is 42.0 Å². The van der Waals surface area contributed by atoms with E-state index >= 15 is 0 Å². The predicted octanol–water partition coefficient (Wildman–Crippen LogP) is -1.25. The first kappa shape index (κ1) is 53.1. The second-order valence-electron chi connectivity index (χ2n) is 15.6. The first-order valence-electron chi connectivity index (χ1n) is 21.1. The Morgan fingerprint density at radius 2 is 1.44 bits per heavy atom. The van der Waals surface area contributed by atoms with Gasteiger partial charge in [0.15, 0.2) is 0 Å². The van der Waals surface area contributed by atoms with Crippen LogP contribution in [0.25, 0.3) is 0 Å². The van der Waals surface area contributed by atoms with Gasteiger partial charge in [0.25, 0.3) is 0 Å². The van der Waals surface area contributed by atoms with Crippen LogP contribution in [-0.4, -0.2) is 141 Å². The highest BCUT2D eigenvalue weighted by Gasteiger charge is 2.37. The SMILES string of the molecule is CC[C@@H]1NC(=O)[C@@H](NC(=O)[C@@H](NC(=O)[C@H](CO)NC(=O)[C@@H](N)Cc2ccc(O)cc2)[C@@H](C)O)CSC(=O)[C@H](CCSC)NC(=O)[C@H]([C@@H](C)CC)NC(=O)[C@H](Cc2ccccc2)NC1=O. The molecule has 0 radical (unpaired) electrons. The number of aliphatic hydroxyl groups excluding tert-OH is 2. The fraction of sp³-hybridized carbons (Fsp3) is 0.535. The highest BCUT2D eigenvalue weighted by molar-refractivity contribution is 8.13. The van der Waals surface area contributed by atoms with Crippen LogP contribution in [-0.2, 0) is 51.2 Å². The molecule has 19 nitrogen and oxygen atoms in total. The van der Waals surface area contributed by atoms with Gasteiger partial charge >= 0.3 is 0 Å². The van der Waals surface area contributed by atoms with E-state index in [1.165, 1.54) is 30.8 Å². The summed E-state index contributed by atoms with van der Waals surface area (Å²) in [6.07, 6.45) is 0.957. The summed E-state index contributed by atoms with van der Waals surface area (Å²) in [5.74, 6) is -6.31. The molecule has 1 aliphatic heterocycles. The Morgan fingerprint density at radius 1 is 0.812 bits per heavy atom. The number of thioether (sulfide) groups is 2. The molecule has 1 saturated heterocycles.